The van der Waals surface area contributed by atoms with Crippen LogP contribution in [0.15, 0.2) is 42.7 Å². The minimum atomic E-state index is -0.0734. The topological polar surface area (TPSA) is 84.4 Å². The van der Waals surface area contributed by atoms with E-state index >= 15 is 0 Å². The van der Waals surface area contributed by atoms with Crippen molar-refractivity contribution in [1.29, 1.82) is 0 Å². The molecule has 1 aromatic carbocycles. The Labute approximate surface area is 152 Å². The third kappa shape index (κ3) is 4.56. The van der Waals surface area contributed by atoms with Crippen LogP contribution in [0.3, 0.4) is 0 Å². The van der Waals surface area contributed by atoms with E-state index in [-0.39, 0.29) is 17.9 Å². The van der Waals surface area contributed by atoms with Crippen molar-refractivity contribution in [2.24, 2.45) is 0 Å². The van der Waals surface area contributed by atoms with Gasteiger partial charge in [-0.15, -0.1) is 0 Å². The van der Waals surface area contributed by atoms with E-state index in [1.54, 1.807) is 49.6 Å². The summed E-state index contributed by atoms with van der Waals surface area (Å²) in [6.07, 6.45) is 5.16. The van der Waals surface area contributed by atoms with Crippen LogP contribution in [0.1, 0.15) is 36.5 Å². The van der Waals surface area contributed by atoms with Crippen molar-refractivity contribution in [2.45, 2.75) is 32.3 Å². The first-order chi connectivity index (χ1) is 12.7. The van der Waals surface area contributed by atoms with E-state index in [1.165, 1.54) is 0 Å². The average Bonchev–Trinajstić information content (AvgIpc) is 2.69. The highest BCUT2D eigenvalue weighted by Crippen LogP contribution is 2.19. The van der Waals surface area contributed by atoms with Crippen LogP contribution in [0.2, 0.25) is 0 Å². The molecule has 2 heterocycles. The van der Waals surface area contributed by atoms with Gasteiger partial charge in [0.25, 0.3) is 5.91 Å². The number of anilines is 1. The summed E-state index contributed by atoms with van der Waals surface area (Å²) in [6.45, 7) is 3.01. The van der Waals surface area contributed by atoms with Gasteiger partial charge in [0, 0.05) is 56.0 Å². The molecule has 0 aliphatic carbocycles. The summed E-state index contributed by atoms with van der Waals surface area (Å²) in [6, 6.07) is 9.16. The summed E-state index contributed by atoms with van der Waals surface area (Å²) < 4.78 is 5.76. The maximum atomic E-state index is 12.7. The van der Waals surface area contributed by atoms with E-state index in [9.17, 15) is 9.59 Å². The normalized spacial score (nSPS) is 14.7. The average molecular weight is 354 g/mol. The maximum Gasteiger partial charge on any atom is 0.316 e. The van der Waals surface area contributed by atoms with Crippen molar-refractivity contribution in [3.63, 3.8) is 0 Å². The van der Waals surface area contributed by atoms with Gasteiger partial charge < -0.3 is 15.0 Å². The van der Waals surface area contributed by atoms with Crippen LogP contribution in [0.5, 0.6) is 6.01 Å². The van der Waals surface area contributed by atoms with Gasteiger partial charge >= 0.3 is 6.01 Å². The number of nitrogens with zero attached hydrogens (tertiary/aromatic N) is 3. The van der Waals surface area contributed by atoms with Gasteiger partial charge in [0.05, 0.1) is 0 Å². The quantitative estimate of drug-likeness (QED) is 0.892. The molecular formula is C19H22N4O3. The molecule has 1 aliphatic heterocycles. The summed E-state index contributed by atoms with van der Waals surface area (Å²) in [5.74, 6) is -0.109. The molecule has 0 unspecified atom stereocenters. The zero-order valence-electron chi connectivity index (χ0n) is 14.7. The molecule has 7 nitrogen and oxygen atoms in total. The Hall–Kier alpha value is -2.96. The lowest BCUT2D eigenvalue weighted by atomic mass is 10.1. The summed E-state index contributed by atoms with van der Waals surface area (Å²) in [5.41, 5.74) is 1.21. The minimum absolute atomic E-state index is 0.0108. The zero-order valence-corrected chi connectivity index (χ0v) is 14.7. The number of nitrogens with one attached hydrogen (secondary N) is 1. The third-order valence-corrected chi connectivity index (χ3v) is 4.26. The second-order valence-corrected chi connectivity index (χ2v) is 6.12. The third-order valence-electron chi connectivity index (χ3n) is 4.26. The summed E-state index contributed by atoms with van der Waals surface area (Å²) in [7, 11) is 0. The van der Waals surface area contributed by atoms with E-state index in [1.807, 2.05) is 4.90 Å². The van der Waals surface area contributed by atoms with Crippen LogP contribution in [0, 0.1) is 0 Å². The van der Waals surface area contributed by atoms with Gasteiger partial charge in [-0.1, -0.05) is 13.0 Å². The second-order valence-electron chi connectivity index (χ2n) is 6.12. The molecule has 1 fully saturated rings. The number of benzene rings is 1. The molecule has 1 aromatic heterocycles. The molecule has 0 bridgehead atoms. The molecule has 0 atom stereocenters. The van der Waals surface area contributed by atoms with Crippen LogP contribution in [-0.4, -0.2) is 45.9 Å². The van der Waals surface area contributed by atoms with Crippen LogP contribution < -0.4 is 10.1 Å². The SMILES string of the molecule is CCC(=O)Nc1cccc(C(=O)N2CCC(Oc3ncccn3)CC2)c1. The highest BCUT2D eigenvalue weighted by atomic mass is 16.5. The molecule has 2 aromatic rings. The van der Waals surface area contributed by atoms with Gasteiger partial charge in [0.2, 0.25) is 5.91 Å². The first kappa shape index (κ1) is 17.8. The van der Waals surface area contributed by atoms with Crippen molar-refractivity contribution < 1.29 is 14.3 Å². The van der Waals surface area contributed by atoms with Gasteiger partial charge in [-0.3, -0.25) is 9.59 Å². The second kappa shape index (κ2) is 8.42. The number of hydrogen-bond donors (Lipinski definition) is 1. The van der Waals surface area contributed by atoms with Crippen molar-refractivity contribution in [1.82, 2.24) is 14.9 Å². The van der Waals surface area contributed by atoms with Crippen LogP contribution in [0.4, 0.5) is 5.69 Å². The fourth-order valence-corrected chi connectivity index (χ4v) is 2.83. The van der Waals surface area contributed by atoms with E-state index in [2.05, 4.69) is 15.3 Å². The fraction of sp³-hybridized carbons (Fsp3) is 0.368. The molecule has 0 saturated carbocycles. The highest BCUT2D eigenvalue weighted by molar-refractivity contribution is 5.97. The molecule has 1 saturated heterocycles. The highest BCUT2D eigenvalue weighted by Gasteiger charge is 2.25. The monoisotopic (exact) mass is 354 g/mol. The molecular weight excluding hydrogens is 332 g/mol. The Balaban J connectivity index is 1.56. The summed E-state index contributed by atoms with van der Waals surface area (Å²) in [5, 5.41) is 2.78. The van der Waals surface area contributed by atoms with Crippen molar-refractivity contribution in [2.75, 3.05) is 18.4 Å². The number of ether oxygens (including phenoxy) is 1. The molecule has 0 radical (unpaired) electrons. The number of piperidine rings is 1. The Kier molecular flexibility index (Phi) is 5.78. The van der Waals surface area contributed by atoms with Gasteiger partial charge in [-0.25, -0.2) is 9.97 Å². The van der Waals surface area contributed by atoms with Gasteiger partial charge in [0.15, 0.2) is 0 Å². The Morgan fingerprint density at radius 2 is 1.92 bits per heavy atom. The summed E-state index contributed by atoms with van der Waals surface area (Å²) >= 11 is 0. The molecule has 1 aliphatic rings. The number of rotatable bonds is 5. The van der Waals surface area contributed by atoms with Crippen molar-refractivity contribution in [3.05, 3.63) is 48.3 Å². The molecule has 3 rings (SSSR count). The number of likely N-dealkylation sites (tertiary alicyclic amines) is 1. The number of carbonyl (C=O) groups excluding carboxylic acids is 2. The predicted molar refractivity (Wildman–Crippen MR) is 96.9 cm³/mol. The fourth-order valence-electron chi connectivity index (χ4n) is 2.83. The van der Waals surface area contributed by atoms with E-state index in [0.717, 1.165) is 12.8 Å². The number of hydrogen-bond acceptors (Lipinski definition) is 5. The molecule has 7 heteroatoms. The largest absolute Gasteiger partial charge is 0.460 e. The first-order valence-corrected chi connectivity index (χ1v) is 8.78. The van der Waals surface area contributed by atoms with Gasteiger partial charge in [-0.2, -0.15) is 0 Å². The lowest BCUT2D eigenvalue weighted by Gasteiger charge is -2.31. The Morgan fingerprint density at radius 1 is 1.19 bits per heavy atom. The predicted octanol–water partition coefficient (Wildman–Crippen LogP) is 2.51. The minimum Gasteiger partial charge on any atom is -0.460 e. The summed E-state index contributed by atoms with van der Waals surface area (Å²) in [4.78, 5) is 34.2. The van der Waals surface area contributed by atoms with Crippen LogP contribution in [0.25, 0.3) is 0 Å². The molecule has 136 valence electrons. The van der Waals surface area contributed by atoms with Crippen LogP contribution in [-0.2, 0) is 4.79 Å². The zero-order chi connectivity index (χ0) is 18.4. The number of carbonyl (C=O) groups is 2. The Bertz CT molecular complexity index is 758. The van der Waals surface area contributed by atoms with Gasteiger partial charge in [-0.05, 0) is 24.3 Å². The lowest BCUT2D eigenvalue weighted by molar-refractivity contribution is -0.115. The first-order valence-electron chi connectivity index (χ1n) is 8.78. The molecule has 0 spiro atoms. The standard InChI is InChI=1S/C19H22N4O3/c1-2-17(24)22-15-6-3-5-14(13-15)18(25)23-11-7-16(8-12-23)26-19-20-9-4-10-21-19/h3-6,9-10,13,16H,2,7-8,11-12H2,1H3,(H,22,24). The van der Waals surface area contributed by atoms with E-state index in [4.69, 9.17) is 4.74 Å². The smallest absolute Gasteiger partial charge is 0.316 e. The lowest BCUT2D eigenvalue weighted by Crippen LogP contribution is -2.42. The van der Waals surface area contributed by atoms with Crippen LogP contribution >= 0.6 is 0 Å². The molecule has 1 N–H and O–H groups in total. The van der Waals surface area contributed by atoms with Crippen molar-refractivity contribution >= 4 is 17.5 Å². The van der Waals surface area contributed by atoms with E-state index in [0.29, 0.717) is 36.8 Å². The molecule has 2 amide bonds. The van der Waals surface area contributed by atoms with Gasteiger partial charge in [0.1, 0.15) is 6.10 Å². The molecule has 26 heavy (non-hydrogen) atoms. The maximum absolute atomic E-state index is 12.7. The number of aromatic nitrogens is 2. The van der Waals surface area contributed by atoms with Crippen molar-refractivity contribution in [3.8, 4) is 6.01 Å². The Morgan fingerprint density at radius 3 is 2.62 bits per heavy atom. The number of amides is 2. The van der Waals surface area contributed by atoms with E-state index < -0.39 is 0 Å².